The maximum absolute atomic E-state index is 12.0. The summed E-state index contributed by atoms with van der Waals surface area (Å²) in [6.45, 7) is 6.08. The fraction of sp³-hybridized carbons (Fsp3) is 0.412. The topological polar surface area (TPSA) is 57.8 Å². The molecule has 1 aromatic carbocycles. The van der Waals surface area contributed by atoms with Crippen molar-refractivity contribution in [1.29, 1.82) is 0 Å². The quantitative estimate of drug-likeness (QED) is 0.833. The number of carbonyl (C=O) groups is 1. The van der Waals surface area contributed by atoms with Gasteiger partial charge in [-0.15, -0.1) is 0 Å². The van der Waals surface area contributed by atoms with Crippen molar-refractivity contribution in [3.8, 4) is 0 Å². The highest BCUT2D eigenvalue weighted by Gasteiger charge is 2.38. The van der Waals surface area contributed by atoms with Crippen molar-refractivity contribution < 1.29 is 4.79 Å². The lowest BCUT2D eigenvalue weighted by Gasteiger charge is -2.14. The Labute approximate surface area is 124 Å². The number of benzene rings is 1. The molecule has 0 radical (unpaired) electrons. The molecule has 0 atom stereocenters. The fourth-order valence-corrected chi connectivity index (χ4v) is 2.69. The summed E-state index contributed by atoms with van der Waals surface area (Å²) in [6, 6.07) is 4.00. The van der Waals surface area contributed by atoms with E-state index < -0.39 is 5.41 Å². The van der Waals surface area contributed by atoms with Crippen LogP contribution in [0, 0.1) is 0 Å². The molecule has 0 aliphatic carbocycles. The van der Waals surface area contributed by atoms with Crippen LogP contribution in [0.5, 0.6) is 0 Å². The van der Waals surface area contributed by atoms with Crippen LogP contribution in [-0.2, 0) is 10.2 Å². The van der Waals surface area contributed by atoms with Gasteiger partial charge in [-0.1, -0.05) is 25.8 Å². The fourth-order valence-electron chi connectivity index (χ4n) is 2.69. The lowest BCUT2D eigenvalue weighted by molar-refractivity contribution is -0.119. The molecule has 21 heavy (non-hydrogen) atoms. The lowest BCUT2D eigenvalue weighted by Crippen LogP contribution is -2.26. The van der Waals surface area contributed by atoms with Gasteiger partial charge in [-0.05, 0) is 44.0 Å². The first kappa shape index (κ1) is 13.9. The molecule has 1 aliphatic heterocycles. The van der Waals surface area contributed by atoms with E-state index in [2.05, 4.69) is 28.3 Å². The van der Waals surface area contributed by atoms with Crippen LogP contribution in [0.1, 0.15) is 51.4 Å². The van der Waals surface area contributed by atoms with Crippen molar-refractivity contribution in [2.75, 3.05) is 5.32 Å². The summed E-state index contributed by atoms with van der Waals surface area (Å²) in [5.74, 6) is 0.916. The first-order chi connectivity index (χ1) is 10.0. The highest BCUT2D eigenvalue weighted by Crippen LogP contribution is 2.39. The minimum Gasteiger partial charge on any atom is -0.338 e. The number of anilines is 1. The van der Waals surface area contributed by atoms with Crippen LogP contribution in [0.3, 0.4) is 0 Å². The van der Waals surface area contributed by atoms with Gasteiger partial charge in [0.25, 0.3) is 0 Å². The molecule has 2 aromatic rings. The molecular weight excluding hydrogens is 262 g/mol. The van der Waals surface area contributed by atoms with Gasteiger partial charge in [0.2, 0.25) is 5.91 Å². The van der Waals surface area contributed by atoms with Crippen LogP contribution >= 0.6 is 0 Å². The Kier molecular flexibility index (Phi) is 3.32. The number of hydrogen-bond acceptors (Lipinski definition) is 2. The molecule has 3 rings (SSSR count). The van der Waals surface area contributed by atoms with E-state index >= 15 is 0 Å². The molecule has 1 amide bonds. The monoisotopic (exact) mass is 283 g/mol. The van der Waals surface area contributed by atoms with E-state index in [1.165, 1.54) is 12.8 Å². The number of H-pyrrole nitrogens is 1. The number of imidazole rings is 1. The molecule has 0 bridgehead atoms. The average molecular weight is 283 g/mol. The van der Waals surface area contributed by atoms with E-state index in [1.807, 2.05) is 32.1 Å². The van der Waals surface area contributed by atoms with Crippen molar-refractivity contribution in [1.82, 2.24) is 9.97 Å². The summed E-state index contributed by atoms with van der Waals surface area (Å²) >= 11 is 0. The van der Waals surface area contributed by atoms with Crippen LogP contribution in [0.15, 0.2) is 18.2 Å². The standard InChI is InChI=1S/C17H21N3O/c1-4-5-6-7-8-15-18-13-9-11-12(10-14(13)19-15)20-16(21)17(11,2)3/h7-10H,4-6H2,1-3H3,(H,18,19)(H,20,21)/b8-7+. The number of hydrogen-bond donors (Lipinski definition) is 2. The van der Waals surface area contributed by atoms with Gasteiger partial charge < -0.3 is 10.3 Å². The number of unbranched alkanes of at least 4 members (excludes halogenated alkanes) is 2. The molecule has 0 saturated heterocycles. The number of aromatic amines is 1. The second-order valence-corrected chi connectivity index (χ2v) is 6.16. The number of rotatable bonds is 4. The number of carbonyl (C=O) groups excluding carboxylic acids is 1. The molecule has 2 heterocycles. The van der Waals surface area contributed by atoms with Gasteiger partial charge in [0.05, 0.1) is 16.4 Å². The number of fused-ring (bicyclic) bond motifs is 2. The van der Waals surface area contributed by atoms with Crippen molar-refractivity contribution >= 4 is 28.7 Å². The third-order valence-electron chi connectivity index (χ3n) is 4.13. The molecule has 4 heteroatoms. The Bertz CT molecular complexity index is 725. The highest BCUT2D eigenvalue weighted by molar-refractivity contribution is 6.07. The van der Waals surface area contributed by atoms with Crippen LogP contribution in [-0.4, -0.2) is 15.9 Å². The Morgan fingerprint density at radius 3 is 2.90 bits per heavy atom. The van der Waals surface area contributed by atoms with Gasteiger partial charge >= 0.3 is 0 Å². The molecule has 4 nitrogen and oxygen atoms in total. The molecule has 0 spiro atoms. The predicted molar refractivity (Wildman–Crippen MR) is 86.3 cm³/mol. The van der Waals surface area contributed by atoms with Gasteiger partial charge in [-0.3, -0.25) is 4.79 Å². The van der Waals surface area contributed by atoms with Crippen LogP contribution in [0.4, 0.5) is 5.69 Å². The average Bonchev–Trinajstić information content (AvgIpc) is 2.92. The molecule has 0 fully saturated rings. The minimum atomic E-state index is -0.480. The normalized spacial score (nSPS) is 16.6. The van der Waals surface area contributed by atoms with Crippen molar-refractivity contribution in [2.45, 2.75) is 45.4 Å². The lowest BCUT2D eigenvalue weighted by atomic mass is 9.86. The smallest absolute Gasteiger partial charge is 0.234 e. The second-order valence-electron chi connectivity index (χ2n) is 6.16. The van der Waals surface area contributed by atoms with E-state index in [-0.39, 0.29) is 5.91 Å². The SMILES string of the molecule is CCCC/C=C/c1nc2cc3c(cc2[nH]1)C(C)(C)C(=O)N3. The van der Waals surface area contributed by atoms with Crippen LogP contribution < -0.4 is 5.32 Å². The Morgan fingerprint density at radius 1 is 1.33 bits per heavy atom. The number of nitrogens with one attached hydrogen (secondary N) is 2. The first-order valence-electron chi connectivity index (χ1n) is 7.54. The van der Waals surface area contributed by atoms with Gasteiger partial charge in [0.1, 0.15) is 5.82 Å². The van der Waals surface area contributed by atoms with E-state index in [9.17, 15) is 4.79 Å². The molecule has 1 aliphatic rings. The zero-order chi connectivity index (χ0) is 15.0. The zero-order valence-corrected chi connectivity index (χ0v) is 12.8. The van der Waals surface area contributed by atoms with Gasteiger partial charge in [0.15, 0.2) is 0 Å². The van der Waals surface area contributed by atoms with E-state index in [4.69, 9.17) is 0 Å². The first-order valence-corrected chi connectivity index (χ1v) is 7.54. The second kappa shape index (κ2) is 5.02. The Balaban J connectivity index is 1.94. The molecule has 0 unspecified atom stereocenters. The van der Waals surface area contributed by atoms with Crippen molar-refractivity contribution in [3.05, 3.63) is 29.6 Å². The summed E-state index contributed by atoms with van der Waals surface area (Å²) in [7, 11) is 0. The number of aromatic nitrogens is 2. The third-order valence-corrected chi connectivity index (χ3v) is 4.13. The molecule has 0 saturated carbocycles. The Hall–Kier alpha value is -2.10. The largest absolute Gasteiger partial charge is 0.338 e. The zero-order valence-electron chi connectivity index (χ0n) is 12.8. The van der Waals surface area contributed by atoms with E-state index in [1.54, 1.807) is 0 Å². The predicted octanol–water partition coefficient (Wildman–Crippen LogP) is 4.00. The van der Waals surface area contributed by atoms with Gasteiger partial charge in [-0.2, -0.15) is 0 Å². The summed E-state index contributed by atoms with van der Waals surface area (Å²) in [5, 5.41) is 2.94. The Morgan fingerprint density at radius 2 is 2.14 bits per heavy atom. The van der Waals surface area contributed by atoms with Crippen LogP contribution in [0.25, 0.3) is 17.1 Å². The summed E-state index contributed by atoms with van der Waals surface area (Å²) in [4.78, 5) is 19.9. The van der Waals surface area contributed by atoms with Crippen LogP contribution in [0.2, 0.25) is 0 Å². The summed E-state index contributed by atoms with van der Waals surface area (Å²) < 4.78 is 0. The summed E-state index contributed by atoms with van der Waals surface area (Å²) in [5.41, 5.74) is 3.30. The number of nitrogens with zero attached hydrogens (tertiary/aromatic N) is 1. The molecule has 2 N–H and O–H groups in total. The van der Waals surface area contributed by atoms with E-state index in [0.717, 1.165) is 34.5 Å². The maximum Gasteiger partial charge on any atom is 0.234 e. The molecular formula is C17H21N3O. The number of allylic oxidation sites excluding steroid dienone is 1. The summed E-state index contributed by atoms with van der Waals surface area (Å²) in [6.07, 6.45) is 7.66. The van der Waals surface area contributed by atoms with E-state index in [0.29, 0.717) is 0 Å². The maximum atomic E-state index is 12.0. The molecule has 110 valence electrons. The minimum absolute atomic E-state index is 0.0461. The van der Waals surface area contributed by atoms with Gasteiger partial charge in [0, 0.05) is 5.69 Å². The highest BCUT2D eigenvalue weighted by atomic mass is 16.2. The van der Waals surface area contributed by atoms with Crippen molar-refractivity contribution in [3.63, 3.8) is 0 Å². The van der Waals surface area contributed by atoms with Gasteiger partial charge in [-0.25, -0.2) is 4.98 Å². The third kappa shape index (κ3) is 2.35. The number of amides is 1. The van der Waals surface area contributed by atoms with Crippen molar-refractivity contribution in [2.24, 2.45) is 0 Å². The molecule has 1 aromatic heterocycles.